The minimum atomic E-state index is 0.246. The van der Waals surface area contributed by atoms with Crippen molar-refractivity contribution in [3.63, 3.8) is 0 Å². The molecule has 2 heterocycles. The minimum Gasteiger partial charge on any atom is -0.467 e. The van der Waals surface area contributed by atoms with Crippen molar-refractivity contribution in [2.45, 2.75) is 18.9 Å². The van der Waals surface area contributed by atoms with Gasteiger partial charge in [0.2, 0.25) is 0 Å². The van der Waals surface area contributed by atoms with Crippen LogP contribution in [0.5, 0.6) is 5.19 Å². The van der Waals surface area contributed by atoms with E-state index in [-0.39, 0.29) is 6.10 Å². The fourth-order valence-electron chi connectivity index (χ4n) is 1.23. The third kappa shape index (κ3) is 2.56. The zero-order chi connectivity index (χ0) is 9.10. The van der Waals surface area contributed by atoms with E-state index in [1.807, 2.05) is 0 Å². The molecule has 1 aliphatic rings. The lowest BCUT2D eigenvalue weighted by Crippen LogP contribution is -2.25. The number of rotatable bonds is 2. The largest absolute Gasteiger partial charge is 0.467 e. The van der Waals surface area contributed by atoms with Crippen LogP contribution in [0.1, 0.15) is 12.8 Å². The first-order valence-electron chi connectivity index (χ1n) is 4.20. The molecule has 13 heavy (non-hydrogen) atoms. The van der Waals surface area contributed by atoms with E-state index in [1.165, 1.54) is 11.3 Å². The summed E-state index contributed by atoms with van der Waals surface area (Å²) in [5.74, 6) is 0. The van der Waals surface area contributed by atoms with Crippen LogP contribution in [0, 0.1) is 0 Å². The van der Waals surface area contributed by atoms with E-state index in [0.717, 1.165) is 26.1 Å². The molecule has 1 fully saturated rings. The number of thiazole rings is 1. The summed E-state index contributed by atoms with van der Waals surface area (Å²) in [6.45, 7) is 1.56. The van der Waals surface area contributed by atoms with Crippen molar-refractivity contribution in [2.75, 3.05) is 13.2 Å². The number of aromatic nitrogens is 1. The van der Waals surface area contributed by atoms with Gasteiger partial charge in [0, 0.05) is 18.2 Å². The second kappa shape index (κ2) is 4.26. The maximum absolute atomic E-state index is 5.67. The summed E-state index contributed by atoms with van der Waals surface area (Å²) in [5, 5.41) is 2.94. The highest BCUT2D eigenvalue weighted by molar-refractivity contribution is 7.11. The summed E-state index contributed by atoms with van der Waals surface area (Å²) in [7, 11) is 0. The summed E-state index contributed by atoms with van der Waals surface area (Å²) in [5.41, 5.74) is 0. The van der Waals surface area contributed by atoms with Crippen molar-refractivity contribution in [1.82, 2.24) is 4.98 Å². The number of hydrogen-bond acceptors (Lipinski definition) is 4. The molecule has 0 unspecified atom stereocenters. The highest BCUT2D eigenvalue weighted by Crippen LogP contribution is 2.24. The number of hydrogen-bond donors (Lipinski definition) is 0. The van der Waals surface area contributed by atoms with Gasteiger partial charge in [-0.3, -0.25) is 0 Å². The molecule has 2 rings (SSSR count). The molecule has 1 aromatic heterocycles. The number of ether oxygens (including phenoxy) is 2. The molecule has 0 aliphatic carbocycles. The molecule has 5 heteroatoms. The van der Waals surface area contributed by atoms with E-state index in [2.05, 4.69) is 4.98 Å². The quantitative estimate of drug-likeness (QED) is 0.765. The van der Waals surface area contributed by atoms with Crippen LogP contribution in [0.3, 0.4) is 0 Å². The van der Waals surface area contributed by atoms with Crippen molar-refractivity contribution in [2.24, 2.45) is 0 Å². The van der Waals surface area contributed by atoms with Gasteiger partial charge in [-0.25, -0.2) is 0 Å². The smallest absolute Gasteiger partial charge is 0.274 e. The summed E-state index contributed by atoms with van der Waals surface area (Å²) in [6, 6.07) is 0. The van der Waals surface area contributed by atoms with E-state index in [9.17, 15) is 0 Å². The van der Waals surface area contributed by atoms with Gasteiger partial charge in [-0.15, -0.1) is 0 Å². The molecule has 3 nitrogen and oxygen atoms in total. The standard InChI is InChI=1S/C8H10ClNO2S/c9-7-5-13-8(10-7)12-6-1-3-11-4-2-6/h5-6H,1-4H2. The normalized spacial score (nSPS) is 18.8. The van der Waals surface area contributed by atoms with E-state index in [0.29, 0.717) is 10.3 Å². The lowest BCUT2D eigenvalue weighted by atomic mass is 10.2. The Hall–Kier alpha value is -0.320. The van der Waals surface area contributed by atoms with E-state index in [4.69, 9.17) is 21.1 Å². The van der Waals surface area contributed by atoms with Gasteiger partial charge in [-0.1, -0.05) is 22.9 Å². The fourth-order valence-corrected chi connectivity index (χ4v) is 2.08. The van der Waals surface area contributed by atoms with Crippen molar-refractivity contribution in [3.8, 4) is 5.19 Å². The SMILES string of the molecule is Clc1csc(OC2CCOCC2)n1. The Labute approximate surface area is 85.6 Å². The summed E-state index contributed by atoms with van der Waals surface area (Å²) < 4.78 is 10.8. The van der Waals surface area contributed by atoms with Crippen molar-refractivity contribution < 1.29 is 9.47 Å². The Morgan fingerprint density at radius 2 is 2.31 bits per heavy atom. The van der Waals surface area contributed by atoms with Crippen LogP contribution in [0.25, 0.3) is 0 Å². The van der Waals surface area contributed by atoms with Gasteiger partial charge in [-0.05, 0) is 0 Å². The molecule has 0 atom stereocenters. The second-order valence-corrected chi connectivity index (χ2v) is 4.07. The Balaban J connectivity index is 1.89. The van der Waals surface area contributed by atoms with Crippen molar-refractivity contribution >= 4 is 22.9 Å². The zero-order valence-electron chi connectivity index (χ0n) is 7.03. The molecule has 0 bridgehead atoms. The lowest BCUT2D eigenvalue weighted by Gasteiger charge is -2.21. The van der Waals surface area contributed by atoms with Crippen molar-refractivity contribution in [1.29, 1.82) is 0 Å². The van der Waals surface area contributed by atoms with E-state index >= 15 is 0 Å². The van der Waals surface area contributed by atoms with Gasteiger partial charge in [-0.2, -0.15) is 4.98 Å². The van der Waals surface area contributed by atoms with Crippen LogP contribution < -0.4 is 4.74 Å². The van der Waals surface area contributed by atoms with Crippen LogP contribution in [-0.4, -0.2) is 24.3 Å². The van der Waals surface area contributed by atoms with Gasteiger partial charge in [0.25, 0.3) is 5.19 Å². The monoisotopic (exact) mass is 219 g/mol. The Morgan fingerprint density at radius 3 is 2.92 bits per heavy atom. The van der Waals surface area contributed by atoms with Crippen molar-refractivity contribution in [3.05, 3.63) is 10.5 Å². The number of halogens is 1. The maximum Gasteiger partial charge on any atom is 0.274 e. The van der Waals surface area contributed by atoms with E-state index in [1.54, 1.807) is 5.38 Å². The third-order valence-corrected chi connectivity index (χ3v) is 2.94. The molecule has 0 aromatic carbocycles. The predicted molar refractivity (Wildman–Crippen MR) is 51.6 cm³/mol. The van der Waals surface area contributed by atoms with Crippen LogP contribution in [-0.2, 0) is 4.74 Å². The second-order valence-electron chi connectivity index (χ2n) is 2.87. The van der Waals surface area contributed by atoms with Gasteiger partial charge >= 0.3 is 0 Å². The predicted octanol–water partition coefficient (Wildman–Crippen LogP) is 2.35. The summed E-state index contributed by atoms with van der Waals surface area (Å²) in [4.78, 5) is 4.03. The average Bonchev–Trinajstić information content (AvgIpc) is 2.53. The molecular weight excluding hydrogens is 210 g/mol. The molecule has 0 N–H and O–H groups in total. The van der Waals surface area contributed by atoms with Gasteiger partial charge in [0.15, 0.2) is 0 Å². The first-order chi connectivity index (χ1) is 6.34. The molecule has 0 saturated carbocycles. The topological polar surface area (TPSA) is 31.4 Å². The maximum atomic E-state index is 5.67. The van der Waals surface area contributed by atoms with Gasteiger partial charge < -0.3 is 9.47 Å². The van der Waals surface area contributed by atoms with Crippen LogP contribution in [0.2, 0.25) is 5.15 Å². The van der Waals surface area contributed by atoms with Crippen LogP contribution in [0.4, 0.5) is 0 Å². The number of nitrogens with zero attached hydrogens (tertiary/aromatic N) is 1. The lowest BCUT2D eigenvalue weighted by molar-refractivity contribution is 0.0255. The molecule has 72 valence electrons. The molecule has 1 aliphatic heterocycles. The molecule has 0 radical (unpaired) electrons. The molecule has 0 amide bonds. The van der Waals surface area contributed by atoms with Gasteiger partial charge in [0.05, 0.1) is 13.2 Å². The Morgan fingerprint density at radius 1 is 1.54 bits per heavy atom. The Kier molecular flexibility index (Phi) is 3.03. The third-order valence-electron chi connectivity index (χ3n) is 1.89. The van der Waals surface area contributed by atoms with E-state index < -0.39 is 0 Å². The summed E-state index contributed by atoms with van der Waals surface area (Å²) >= 11 is 7.11. The highest BCUT2D eigenvalue weighted by atomic mass is 35.5. The summed E-state index contributed by atoms with van der Waals surface area (Å²) in [6.07, 6.45) is 2.13. The zero-order valence-corrected chi connectivity index (χ0v) is 8.61. The first kappa shape index (κ1) is 9.24. The van der Waals surface area contributed by atoms with Crippen LogP contribution in [0.15, 0.2) is 5.38 Å². The fraction of sp³-hybridized carbons (Fsp3) is 0.625. The highest BCUT2D eigenvalue weighted by Gasteiger charge is 2.16. The first-order valence-corrected chi connectivity index (χ1v) is 5.46. The molecular formula is C8H10ClNO2S. The molecule has 1 saturated heterocycles. The van der Waals surface area contributed by atoms with Gasteiger partial charge in [0.1, 0.15) is 11.3 Å². The van der Waals surface area contributed by atoms with Crippen LogP contribution >= 0.6 is 22.9 Å². The molecule has 0 spiro atoms. The average molecular weight is 220 g/mol. The molecule has 1 aromatic rings. The minimum absolute atomic E-state index is 0.246. The Bertz CT molecular complexity index is 273.